The number of ether oxygens (including phenoxy) is 1. The molecule has 28 heavy (non-hydrogen) atoms. The molecule has 0 spiro atoms. The van der Waals surface area contributed by atoms with E-state index in [0.29, 0.717) is 0 Å². The van der Waals surface area contributed by atoms with E-state index in [0.717, 1.165) is 11.3 Å². The molecule has 0 amide bonds. The van der Waals surface area contributed by atoms with Gasteiger partial charge in [-0.15, -0.1) is 11.3 Å². The van der Waals surface area contributed by atoms with Crippen LogP contribution in [0.15, 0.2) is 35.2 Å². The quantitative estimate of drug-likeness (QED) is 0.351. The summed E-state index contributed by atoms with van der Waals surface area (Å²) in [7, 11) is -4.22. The summed E-state index contributed by atoms with van der Waals surface area (Å²) in [5.74, 6) is -0.713. The number of nitro groups is 1. The minimum absolute atomic E-state index is 0.0224. The number of benzene rings is 1. The Morgan fingerprint density at radius 1 is 1.32 bits per heavy atom. The number of para-hydroxylation sites is 1. The highest BCUT2D eigenvalue weighted by Crippen LogP contribution is 2.36. The van der Waals surface area contributed by atoms with Gasteiger partial charge in [-0.25, -0.2) is 13.1 Å². The van der Waals surface area contributed by atoms with E-state index in [1.807, 2.05) is 0 Å². The van der Waals surface area contributed by atoms with Crippen LogP contribution < -0.4 is 4.72 Å². The summed E-state index contributed by atoms with van der Waals surface area (Å²) in [5, 5.41) is 11.4. The Balaban J connectivity index is 2.46. The van der Waals surface area contributed by atoms with E-state index >= 15 is 0 Å². The number of hydrogen-bond acceptors (Lipinski definition) is 7. The highest BCUT2D eigenvalue weighted by Gasteiger charge is 2.31. The summed E-state index contributed by atoms with van der Waals surface area (Å²) in [6.45, 7) is 3.27. The normalized spacial score (nSPS) is 12.8. The Hall–Kier alpha value is -1.72. The summed E-state index contributed by atoms with van der Waals surface area (Å²) < 4.78 is 33.0. The van der Waals surface area contributed by atoms with E-state index in [4.69, 9.17) is 27.9 Å². The van der Waals surface area contributed by atoms with Crippen LogP contribution in [-0.2, 0) is 19.6 Å². The number of nitrogens with one attached hydrogen (secondary N) is 1. The van der Waals surface area contributed by atoms with Crippen LogP contribution in [0.25, 0.3) is 0 Å². The molecule has 0 radical (unpaired) electrons. The van der Waals surface area contributed by atoms with Gasteiger partial charge in [0.05, 0.1) is 27.8 Å². The van der Waals surface area contributed by atoms with Gasteiger partial charge in [-0.05, 0) is 19.9 Å². The lowest BCUT2D eigenvalue weighted by Gasteiger charge is -2.19. The van der Waals surface area contributed by atoms with E-state index in [-0.39, 0.29) is 24.8 Å². The molecule has 0 saturated heterocycles. The van der Waals surface area contributed by atoms with E-state index in [1.54, 1.807) is 13.8 Å². The molecule has 1 heterocycles. The summed E-state index contributed by atoms with van der Waals surface area (Å²) in [6.07, 6.45) is -0.877. The summed E-state index contributed by atoms with van der Waals surface area (Å²) in [4.78, 5) is 22.6. The highest BCUT2D eigenvalue weighted by molar-refractivity contribution is 7.89. The topological polar surface area (TPSA) is 116 Å². The Labute approximate surface area is 175 Å². The fraction of sp³-hybridized carbons (Fsp3) is 0.312. The van der Waals surface area contributed by atoms with Crippen molar-refractivity contribution in [3.63, 3.8) is 0 Å². The molecule has 0 bridgehead atoms. The van der Waals surface area contributed by atoms with Crippen molar-refractivity contribution >= 4 is 56.2 Å². The van der Waals surface area contributed by atoms with Gasteiger partial charge in [-0.3, -0.25) is 14.9 Å². The van der Waals surface area contributed by atoms with Crippen LogP contribution >= 0.6 is 34.5 Å². The molecule has 1 aromatic heterocycles. The zero-order valence-corrected chi connectivity index (χ0v) is 17.9. The lowest BCUT2D eigenvalue weighted by atomic mass is 10.0. The average molecular weight is 467 g/mol. The zero-order chi connectivity index (χ0) is 21.1. The van der Waals surface area contributed by atoms with Crippen LogP contribution in [0.5, 0.6) is 0 Å². The lowest BCUT2D eigenvalue weighted by Crippen LogP contribution is -2.31. The fourth-order valence-electron chi connectivity index (χ4n) is 2.40. The van der Waals surface area contributed by atoms with Crippen LogP contribution in [-0.4, -0.2) is 25.4 Å². The lowest BCUT2D eigenvalue weighted by molar-refractivity contribution is -0.385. The first-order valence-corrected chi connectivity index (χ1v) is 11.0. The predicted molar refractivity (Wildman–Crippen MR) is 106 cm³/mol. The van der Waals surface area contributed by atoms with Gasteiger partial charge in [0, 0.05) is 11.6 Å². The molecule has 0 saturated carbocycles. The van der Waals surface area contributed by atoms with Crippen molar-refractivity contribution < 1.29 is 22.9 Å². The van der Waals surface area contributed by atoms with Gasteiger partial charge in [0.2, 0.25) is 10.0 Å². The molecule has 0 aliphatic carbocycles. The van der Waals surface area contributed by atoms with Crippen molar-refractivity contribution in [1.29, 1.82) is 0 Å². The van der Waals surface area contributed by atoms with Crippen molar-refractivity contribution in [1.82, 2.24) is 4.72 Å². The smallest absolute Gasteiger partial charge is 0.308 e. The van der Waals surface area contributed by atoms with Gasteiger partial charge in [0.25, 0.3) is 5.69 Å². The number of carbonyl (C=O) groups is 1. The first-order chi connectivity index (χ1) is 13.0. The SMILES string of the molecule is CC(C)OC(=O)CC(NS(=O)(=O)c1cc(Cl)sc1Cl)c1ccccc1[N+](=O)[O-]. The monoisotopic (exact) mass is 466 g/mol. The van der Waals surface area contributed by atoms with Gasteiger partial charge in [-0.1, -0.05) is 41.4 Å². The molecular weight excluding hydrogens is 451 g/mol. The number of hydrogen-bond donors (Lipinski definition) is 1. The summed E-state index contributed by atoms with van der Waals surface area (Å²) in [5.41, 5.74) is -0.309. The maximum atomic E-state index is 12.8. The van der Waals surface area contributed by atoms with Gasteiger partial charge in [0.1, 0.15) is 9.23 Å². The second-order valence-corrected chi connectivity index (χ2v) is 9.89. The molecule has 8 nitrogen and oxygen atoms in total. The third-order valence-corrected chi connectivity index (χ3v) is 6.68. The minimum Gasteiger partial charge on any atom is -0.463 e. The number of rotatable bonds is 8. The van der Waals surface area contributed by atoms with Crippen LogP contribution in [0.1, 0.15) is 31.9 Å². The summed E-state index contributed by atoms with van der Waals surface area (Å²) in [6, 6.07) is 5.46. The Morgan fingerprint density at radius 2 is 1.96 bits per heavy atom. The molecule has 1 unspecified atom stereocenters. The van der Waals surface area contributed by atoms with Gasteiger partial charge in [-0.2, -0.15) is 0 Å². The average Bonchev–Trinajstić information content (AvgIpc) is 2.92. The van der Waals surface area contributed by atoms with Crippen LogP contribution in [0, 0.1) is 10.1 Å². The maximum Gasteiger partial charge on any atom is 0.308 e. The summed E-state index contributed by atoms with van der Waals surface area (Å²) >= 11 is 12.6. The highest BCUT2D eigenvalue weighted by atomic mass is 35.5. The standard InChI is InChI=1S/C16H16Cl2N2O6S2/c1-9(2)26-15(21)7-11(10-5-3-4-6-12(10)20(22)23)19-28(24,25)13-8-14(17)27-16(13)18/h3-6,8-9,11,19H,7H2,1-2H3. The first-order valence-electron chi connectivity index (χ1n) is 7.91. The van der Waals surface area contributed by atoms with E-state index in [2.05, 4.69) is 4.72 Å². The molecule has 152 valence electrons. The van der Waals surface area contributed by atoms with E-state index in [1.165, 1.54) is 30.3 Å². The predicted octanol–water partition coefficient (Wildman–Crippen LogP) is 4.32. The Bertz CT molecular complexity index is 991. The molecule has 2 rings (SSSR count). The Kier molecular flexibility index (Phi) is 7.40. The Morgan fingerprint density at radius 3 is 2.50 bits per heavy atom. The molecular formula is C16H16Cl2N2O6S2. The molecule has 0 fully saturated rings. The number of esters is 1. The fourth-order valence-corrected chi connectivity index (χ4v) is 5.77. The number of sulfonamides is 1. The third-order valence-electron chi connectivity index (χ3n) is 3.46. The molecule has 1 aromatic carbocycles. The van der Waals surface area contributed by atoms with E-state index in [9.17, 15) is 23.3 Å². The van der Waals surface area contributed by atoms with Gasteiger partial charge in [0.15, 0.2) is 0 Å². The molecule has 0 aliphatic heterocycles. The number of thiophene rings is 1. The second-order valence-electron chi connectivity index (χ2n) is 5.92. The van der Waals surface area contributed by atoms with Crippen molar-refractivity contribution in [3.8, 4) is 0 Å². The van der Waals surface area contributed by atoms with Crippen molar-refractivity contribution in [2.75, 3.05) is 0 Å². The zero-order valence-electron chi connectivity index (χ0n) is 14.7. The third kappa shape index (κ3) is 5.65. The van der Waals surface area contributed by atoms with Gasteiger partial charge < -0.3 is 4.74 Å². The molecule has 1 N–H and O–H groups in total. The molecule has 0 aliphatic rings. The minimum atomic E-state index is -4.22. The van der Waals surface area contributed by atoms with Crippen molar-refractivity contribution in [2.45, 2.75) is 37.3 Å². The van der Waals surface area contributed by atoms with Crippen molar-refractivity contribution in [2.24, 2.45) is 0 Å². The number of nitrogens with zero attached hydrogens (tertiary/aromatic N) is 1. The largest absolute Gasteiger partial charge is 0.463 e. The van der Waals surface area contributed by atoms with Gasteiger partial charge >= 0.3 is 5.97 Å². The van der Waals surface area contributed by atoms with Crippen LogP contribution in [0.4, 0.5) is 5.69 Å². The second kappa shape index (κ2) is 9.19. The van der Waals surface area contributed by atoms with Crippen LogP contribution in [0.3, 0.4) is 0 Å². The first kappa shape index (κ1) is 22.6. The molecule has 1 atom stereocenters. The maximum absolute atomic E-state index is 12.8. The van der Waals surface area contributed by atoms with Crippen LogP contribution in [0.2, 0.25) is 8.67 Å². The van der Waals surface area contributed by atoms with E-state index < -0.39 is 39.5 Å². The number of halogens is 2. The number of nitro benzene ring substituents is 1. The number of carbonyl (C=O) groups excluding carboxylic acids is 1. The molecule has 12 heteroatoms. The molecule has 2 aromatic rings. The van der Waals surface area contributed by atoms with Crippen molar-refractivity contribution in [3.05, 3.63) is 54.7 Å².